The summed E-state index contributed by atoms with van der Waals surface area (Å²) in [5.74, 6) is -1.53. The van der Waals surface area contributed by atoms with E-state index < -0.39 is 17.5 Å². The van der Waals surface area contributed by atoms with Gasteiger partial charge >= 0.3 is 6.03 Å². The Morgan fingerprint density at radius 3 is 2.38 bits per heavy atom. The Kier molecular flexibility index (Phi) is 8.16. The minimum Gasteiger partial charge on any atom is -0.322 e. The van der Waals surface area contributed by atoms with Crippen LogP contribution < -0.4 is 15.8 Å². The molecule has 0 bridgehead atoms. The van der Waals surface area contributed by atoms with Gasteiger partial charge in [-0.1, -0.05) is 13.0 Å². The molecule has 32 heavy (non-hydrogen) atoms. The minimum atomic E-state index is -0.608. The Hall–Kier alpha value is -2.56. The summed E-state index contributed by atoms with van der Waals surface area (Å²) in [7, 11) is 1.53. The van der Waals surface area contributed by atoms with Gasteiger partial charge in [-0.3, -0.25) is 15.1 Å². The van der Waals surface area contributed by atoms with E-state index in [1.54, 1.807) is 4.90 Å². The van der Waals surface area contributed by atoms with Crippen LogP contribution in [0.4, 0.5) is 19.3 Å². The summed E-state index contributed by atoms with van der Waals surface area (Å²) in [5, 5.41) is 0. The maximum atomic E-state index is 14.8. The van der Waals surface area contributed by atoms with Gasteiger partial charge in [-0.2, -0.15) is 0 Å². The third-order valence-electron chi connectivity index (χ3n) is 5.42. The summed E-state index contributed by atoms with van der Waals surface area (Å²) >= 11 is 3.16. The Balaban J connectivity index is 1.88. The van der Waals surface area contributed by atoms with Crippen molar-refractivity contribution in [1.29, 1.82) is 0 Å². The van der Waals surface area contributed by atoms with Crippen molar-refractivity contribution in [3.05, 3.63) is 63.6 Å². The lowest BCUT2D eigenvalue weighted by Gasteiger charge is -2.37. The molecule has 3 rings (SSSR count). The van der Waals surface area contributed by atoms with E-state index in [0.717, 1.165) is 25.7 Å². The number of likely N-dealkylation sites (N-methyl/N-ethyl adjacent to an activating group) is 1. The number of nitrogens with one attached hydrogen (secondary N) is 2. The molecule has 1 fully saturated rings. The lowest BCUT2D eigenvalue weighted by molar-refractivity contribution is 0.0937. The predicted molar refractivity (Wildman–Crippen MR) is 122 cm³/mol. The molecule has 7 nitrogen and oxygen atoms in total. The van der Waals surface area contributed by atoms with Crippen molar-refractivity contribution < 1.29 is 18.4 Å². The summed E-state index contributed by atoms with van der Waals surface area (Å²) in [5.41, 5.74) is 5.72. The molecule has 2 aromatic carbocycles. The number of anilines is 1. The number of nitrogens with zero attached hydrogens (tertiary/aromatic N) is 3. The second-order valence-corrected chi connectivity index (χ2v) is 8.25. The zero-order valence-corrected chi connectivity index (χ0v) is 19.6. The SMILES string of the molecule is CCN1CCN(C(=O)N(Cc2ccc(C(=O)NNC)cc2F)c2ccc(F)c(Br)c2)CC1. The molecule has 1 saturated heterocycles. The maximum absolute atomic E-state index is 14.8. The average Bonchev–Trinajstić information content (AvgIpc) is 2.80. The number of halogens is 3. The number of piperazine rings is 1. The predicted octanol–water partition coefficient (Wildman–Crippen LogP) is 3.36. The number of benzene rings is 2. The summed E-state index contributed by atoms with van der Waals surface area (Å²) in [6.07, 6.45) is 0. The lowest BCUT2D eigenvalue weighted by Crippen LogP contribution is -2.52. The van der Waals surface area contributed by atoms with Gasteiger partial charge < -0.3 is 9.80 Å². The zero-order valence-electron chi connectivity index (χ0n) is 18.0. The van der Waals surface area contributed by atoms with Crippen LogP contribution in [-0.2, 0) is 6.54 Å². The first-order valence-electron chi connectivity index (χ1n) is 10.3. The largest absolute Gasteiger partial charge is 0.324 e. The van der Waals surface area contributed by atoms with Gasteiger partial charge in [0.15, 0.2) is 0 Å². The molecule has 0 aromatic heterocycles. The standard InChI is InChI=1S/C22H26BrF2N5O2/c1-3-28-8-10-29(11-9-28)22(32)30(17-6-7-19(24)18(23)13-17)14-16-5-4-15(12-20(16)25)21(31)27-26-2/h4-7,12-13,26H,3,8-11,14H2,1-2H3,(H,27,31). The maximum Gasteiger partial charge on any atom is 0.324 e. The summed E-state index contributed by atoms with van der Waals surface area (Å²) < 4.78 is 28.9. The molecule has 0 unspecified atom stereocenters. The molecule has 0 aliphatic carbocycles. The van der Waals surface area contributed by atoms with Crippen molar-refractivity contribution >= 4 is 33.6 Å². The molecule has 0 spiro atoms. The summed E-state index contributed by atoms with van der Waals surface area (Å²) in [6, 6.07) is 8.08. The first kappa shape index (κ1) is 24.1. The number of carbonyl (C=O) groups excluding carboxylic acids is 2. The Morgan fingerprint density at radius 2 is 1.78 bits per heavy atom. The van der Waals surface area contributed by atoms with Gasteiger partial charge in [-0.25, -0.2) is 19.0 Å². The normalized spacial score (nSPS) is 14.3. The third kappa shape index (κ3) is 5.62. The number of hydrazine groups is 1. The van der Waals surface area contributed by atoms with E-state index in [-0.39, 0.29) is 28.2 Å². The molecule has 172 valence electrons. The van der Waals surface area contributed by atoms with Crippen LogP contribution >= 0.6 is 15.9 Å². The lowest BCUT2D eigenvalue weighted by atomic mass is 10.1. The molecule has 1 heterocycles. The highest BCUT2D eigenvalue weighted by atomic mass is 79.9. The second kappa shape index (κ2) is 10.8. The van der Waals surface area contributed by atoms with Crippen molar-refractivity contribution in [3.63, 3.8) is 0 Å². The fraction of sp³-hybridized carbons (Fsp3) is 0.364. The van der Waals surface area contributed by atoms with E-state index in [1.807, 2.05) is 0 Å². The molecular weight excluding hydrogens is 484 g/mol. The quantitative estimate of drug-likeness (QED) is 0.586. The van der Waals surface area contributed by atoms with Gasteiger partial charge in [0.05, 0.1) is 11.0 Å². The summed E-state index contributed by atoms with van der Waals surface area (Å²) in [4.78, 5) is 30.7. The van der Waals surface area contributed by atoms with Crippen LogP contribution in [0, 0.1) is 11.6 Å². The fourth-order valence-electron chi connectivity index (χ4n) is 3.52. The molecule has 0 saturated carbocycles. The first-order valence-corrected chi connectivity index (χ1v) is 11.1. The Bertz CT molecular complexity index is 983. The van der Waals surface area contributed by atoms with Crippen LogP contribution in [0.25, 0.3) is 0 Å². The molecule has 0 atom stereocenters. The van der Waals surface area contributed by atoms with Crippen LogP contribution in [0.1, 0.15) is 22.8 Å². The van der Waals surface area contributed by atoms with Crippen molar-refractivity contribution in [1.82, 2.24) is 20.7 Å². The van der Waals surface area contributed by atoms with E-state index in [9.17, 15) is 18.4 Å². The van der Waals surface area contributed by atoms with Gasteiger partial charge in [-0.05, 0) is 52.8 Å². The van der Waals surface area contributed by atoms with Crippen molar-refractivity contribution in [3.8, 4) is 0 Å². The van der Waals surface area contributed by atoms with Gasteiger partial charge in [-0.15, -0.1) is 0 Å². The molecule has 3 amide bonds. The van der Waals surface area contributed by atoms with Crippen molar-refractivity contribution in [2.45, 2.75) is 13.5 Å². The van der Waals surface area contributed by atoms with Crippen LogP contribution in [0.2, 0.25) is 0 Å². The number of urea groups is 1. The van der Waals surface area contributed by atoms with E-state index in [0.29, 0.717) is 18.8 Å². The van der Waals surface area contributed by atoms with Crippen LogP contribution in [0.5, 0.6) is 0 Å². The fourth-order valence-corrected chi connectivity index (χ4v) is 3.89. The Labute approximate surface area is 194 Å². The van der Waals surface area contributed by atoms with Crippen LogP contribution in [0.15, 0.2) is 40.9 Å². The number of hydrogen-bond donors (Lipinski definition) is 2. The number of carbonyl (C=O) groups is 2. The highest BCUT2D eigenvalue weighted by Gasteiger charge is 2.27. The molecule has 1 aliphatic rings. The highest BCUT2D eigenvalue weighted by Crippen LogP contribution is 2.26. The molecular formula is C22H26BrF2N5O2. The van der Waals surface area contributed by atoms with Crippen molar-refractivity contribution in [2.24, 2.45) is 0 Å². The number of hydrogen-bond acceptors (Lipinski definition) is 4. The first-order chi connectivity index (χ1) is 15.3. The topological polar surface area (TPSA) is 67.9 Å². The number of rotatable bonds is 6. The number of amides is 3. The molecule has 0 radical (unpaired) electrons. The molecule has 2 aromatic rings. The monoisotopic (exact) mass is 509 g/mol. The minimum absolute atomic E-state index is 0.0648. The summed E-state index contributed by atoms with van der Waals surface area (Å²) in [6.45, 7) is 5.54. The van der Waals surface area contributed by atoms with E-state index in [4.69, 9.17) is 0 Å². The molecule has 1 aliphatic heterocycles. The van der Waals surface area contributed by atoms with Gasteiger partial charge in [0.1, 0.15) is 11.6 Å². The zero-order chi connectivity index (χ0) is 23.3. The van der Waals surface area contributed by atoms with E-state index in [1.165, 1.54) is 42.3 Å². The highest BCUT2D eigenvalue weighted by molar-refractivity contribution is 9.10. The Morgan fingerprint density at radius 1 is 1.06 bits per heavy atom. The third-order valence-corrected chi connectivity index (χ3v) is 6.03. The molecule has 2 N–H and O–H groups in total. The van der Waals surface area contributed by atoms with Crippen molar-refractivity contribution in [2.75, 3.05) is 44.7 Å². The van der Waals surface area contributed by atoms with Crippen LogP contribution in [-0.4, -0.2) is 61.5 Å². The van der Waals surface area contributed by atoms with Gasteiger partial charge in [0, 0.05) is 50.0 Å². The van der Waals surface area contributed by atoms with E-state index >= 15 is 0 Å². The van der Waals surface area contributed by atoms with Gasteiger partial charge in [0.25, 0.3) is 5.91 Å². The van der Waals surface area contributed by atoms with E-state index in [2.05, 4.69) is 38.6 Å². The van der Waals surface area contributed by atoms with Crippen LogP contribution in [0.3, 0.4) is 0 Å². The second-order valence-electron chi connectivity index (χ2n) is 7.40. The average molecular weight is 510 g/mol. The van der Waals surface area contributed by atoms with Gasteiger partial charge in [0.2, 0.25) is 0 Å². The smallest absolute Gasteiger partial charge is 0.322 e. The molecule has 10 heteroatoms.